The van der Waals surface area contributed by atoms with Crippen molar-refractivity contribution in [3.8, 4) is 0 Å². The fourth-order valence-corrected chi connectivity index (χ4v) is 2.53. The van der Waals surface area contributed by atoms with Crippen molar-refractivity contribution < 1.29 is 27.8 Å². The first-order valence-electron chi connectivity index (χ1n) is 8.05. The molecule has 1 atom stereocenters. The Hall–Kier alpha value is -1.96. The summed E-state index contributed by atoms with van der Waals surface area (Å²) in [5, 5.41) is 9.25. The summed E-state index contributed by atoms with van der Waals surface area (Å²) >= 11 is 0. The Morgan fingerprint density at radius 2 is 1.60 bits per heavy atom. The van der Waals surface area contributed by atoms with Crippen LogP contribution in [-0.4, -0.2) is 54.1 Å². The highest BCUT2D eigenvalue weighted by Crippen LogP contribution is 2.33. The number of anilines is 1. The van der Waals surface area contributed by atoms with E-state index in [1.165, 1.54) is 12.1 Å². The lowest BCUT2D eigenvalue weighted by Gasteiger charge is -2.36. The van der Waals surface area contributed by atoms with Crippen LogP contribution in [0.1, 0.15) is 32.4 Å². The number of amides is 1. The molecule has 1 aromatic rings. The van der Waals surface area contributed by atoms with E-state index >= 15 is 0 Å². The van der Waals surface area contributed by atoms with Crippen molar-refractivity contribution in [3.63, 3.8) is 0 Å². The minimum atomic E-state index is -4.68. The van der Waals surface area contributed by atoms with E-state index in [1.54, 1.807) is 37.8 Å². The Kier molecular flexibility index (Phi) is 5.51. The predicted octanol–water partition coefficient (Wildman–Crippen LogP) is 3.34. The standard InChI is InChI=1S/C17H23F3N2O3/c1-16(2,3)25-15(24)22-10-8-21(9-11-22)13-6-4-12(5-7-13)14(23)17(18,19)20/h4-7,14,23H,8-11H2,1-3H3. The van der Waals surface area contributed by atoms with Crippen LogP contribution >= 0.6 is 0 Å². The van der Waals surface area contributed by atoms with Crippen LogP contribution in [0.5, 0.6) is 0 Å². The Balaban J connectivity index is 1.94. The fraction of sp³-hybridized carbons (Fsp3) is 0.588. The quantitative estimate of drug-likeness (QED) is 0.879. The third kappa shape index (κ3) is 5.26. The van der Waals surface area contributed by atoms with E-state index in [0.29, 0.717) is 26.2 Å². The molecule has 8 heteroatoms. The minimum Gasteiger partial charge on any atom is -0.444 e. The molecular weight excluding hydrogens is 337 g/mol. The number of hydrogen-bond donors (Lipinski definition) is 1. The molecule has 1 saturated heterocycles. The maximum absolute atomic E-state index is 12.5. The number of rotatable bonds is 2. The van der Waals surface area contributed by atoms with Crippen LogP contribution in [0.15, 0.2) is 24.3 Å². The fourth-order valence-electron chi connectivity index (χ4n) is 2.53. The lowest BCUT2D eigenvalue weighted by atomic mass is 10.1. The molecule has 1 aliphatic heterocycles. The average Bonchev–Trinajstić information content (AvgIpc) is 2.52. The Labute approximate surface area is 145 Å². The van der Waals surface area contributed by atoms with Gasteiger partial charge in [0, 0.05) is 31.9 Å². The molecule has 1 heterocycles. The predicted molar refractivity (Wildman–Crippen MR) is 87.5 cm³/mol. The van der Waals surface area contributed by atoms with Gasteiger partial charge in [-0.1, -0.05) is 12.1 Å². The largest absolute Gasteiger partial charge is 0.444 e. The zero-order chi connectivity index (χ0) is 18.8. The van der Waals surface area contributed by atoms with Gasteiger partial charge in [-0.3, -0.25) is 0 Å². The molecule has 0 aliphatic carbocycles. The molecule has 5 nitrogen and oxygen atoms in total. The number of aliphatic hydroxyl groups is 1. The summed E-state index contributed by atoms with van der Waals surface area (Å²) in [5.74, 6) is 0. The zero-order valence-electron chi connectivity index (χ0n) is 14.5. The van der Waals surface area contributed by atoms with Gasteiger partial charge in [0.1, 0.15) is 5.60 Å². The molecule has 1 amide bonds. The third-order valence-electron chi connectivity index (χ3n) is 3.82. The molecule has 140 valence electrons. The van der Waals surface area contributed by atoms with Crippen molar-refractivity contribution in [2.24, 2.45) is 0 Å². The molecule has 1 aromatic carbocycles. The Morgan fingerprint density at radius 1 is 1.08 bits per heavy atom. The van der Waals surface area contributed by atoms with Crippen LogP contribution < -0.4 is 4.90 Å². The molecule has 0 saturated carbocycles. The number of halogens is 3. The van der Waals surface area contributed by atoms with Crippen LogP contribution in [0.4, 0.5) is 23.7 Å². The molecular formula is C17H23F3N2O3. The molecule has 0 bridgehead atoms. The molecule has 1 aliphatic rings. The van der Waals surface area contributed by atoms with Crippen molar-refractivity contribution in [2.45, 2.75) is 38.7 Å². The van der Waals surface area contributed by atoms with Crippen LogP contribution in [0.25, 0.3) is 0 Å². The van der Waals surface area contributed by atoms with E-state index in [4.69, 9.17) is 4.74 Å². The summed E-state index contributed by atoms with van der Waals surface area (Å²) in [6.45, 7) is 7.47. The molecule has 0 spiro atoms. The molecule has 25 heavy (non-hydrogen) atoms. The highest BCUT2D eigenvalue weighted by molar-refractivity contribution is 5.68. The van der Waals surface area contributed by atoms with Crippen LogP contribution in [0.3, 0.4) is 0 Å². The molecule has 0 aromatic heterocycles. The Morgan fingerprint density at radius 3 is 2.04 bits per heavy atom. The first kappa shape index (κ1) is 19.4. The van der Waals surface area contributed by atoms with Crippen LogP contribution in [0.2, 0.25) is 0 Å². The highest BCUT2D eigenvalue weighted by Gasteiger charge is 2.39. The van der Waals surface area contributed by atoms with Gasteiger partial charge in [0.05, 0.1) is 0 Å². The van der Waals surface area contributed by atoms with Crippen molar-refractivity contribution in [1.82, 2.24) is 4.90 Å². The van der Waals surface area contributed by atoms with Crippen LogP contribution in [-0.2, 0) is 4.74 Å². The van der Waals surface area contributed by atoms with E-state index in [1.807, 2.05) is 4.90 Å². The first-order chi connectivity index (χ1) is 11.5. The SMILES string of the molecule is CC(C)(C)OC(=O)N1CCN(c2ccc(C(O)C(F)(F)F)cc2)CC1. The van der Waals surface area contributed by atoms with E-state index < -0.39 is 17.9 Å². The maximum Gasteiger partial charge on any atom is 0.418 e. The molecule has 1 fully saturated rings. The van der Waals surface area contributed by atoms with Gasteiger partial charge >= 0.3 is 12.3 Å². The normalized spacial score (nSPS) is 17.4. The van der Waals surface area contributed by atoms with Gasteiger partial charge in [-0.15, -0.1) is 0 Å². The minimum absolute atomic E-state index is 0.191. The van der Waals surface area contributed by atoms with Crippen LogP contribution in [0, 0.1) is 0 Å². The summed E-state index contributed by atoms with van der Waals surface area (Å²) in [4.78, 5) is 15.6. The Bertz CT molecular complexity index is 589. The lowest BCUT2D eigenvalue weighted by Crippen LogP contribution is -2.50. The number of carbonyl (C=O) groups excluding carboxylic acids is 1. The average molecular weight is 360 g/mol. The summed E-state index contributed by atoms with van der Waals surface area (Å²) in [5.41, 5.74) is 0.00853. The van der Waals surface area contributed by atoms with Gasteiger partial charge in [0.25, 0.3) is 0 Å². The smallest absolute Gasteiger partial charge is 0.418 e. The van der Waals surface area contributed by atoms with E-state index in [2.05, 4.69) is 0 Å². The number of carbonyl (C=O) groups is 1. The summed E-state index contributed by atoms with van der Waals surface area (Å²) < 4.78 is 42.9. The number of nitrogens with zero attached hydrogens (tertiary/aromatic N) is 2. The number of ether oxygens (including phenoxy) is 1. The van der Waals surface area contributed by atoms with Crippen molar-refractivity contribution in [3.05, 3.63) is 29.8 Å². The number of piperazine rings is 1. The van der Waals surface area contributed by atoms with Gasteiger partial charge in [0.15, 0.2) is 6.10 Å². The van der Waals surface area contributed by atoms with Crippen molar-refractivity contribution >= 4 is 11.8 Å². The highest BCUT2D eigenvalue weighted by atomic mass is 19.4. The monoisotopic (exact) mass is 360 g/mol. The second kappa shape index (κ2) is 7.11. The zero-order valence-corrected chi connectivity index (χ0v) is 14.5. The summed E-state index contributed by atoms with van der Waals surface area (Å²) in [6, 6.07) is 5.64. The van der Waals surface area contributed by atoms with E-state index in [0.717, 1.165) is 5.69 Å². The summed E-state index contributed by atoms with van der Waals surface area (Å²) in [6.07, 6.45) is -7.53. The number of hydrogen-bond acceptors (Lipinski definition) is 4. The number of alkyl halides is 3. The third-order valence-corrected chi connectivity index (χ3v) is 3.82. The summed E-state index contributed by atoms with van der Waals surface area (Å²) in [7, 11) is 0. The number of benzene rings is 1. The molecule has 0 radical (unpaired) electrons. The van der Waals surface area contributed by atoms with Gasteiger partial charge in [0.2, 0.25) is 0 Å². The van der Waals surface area contributed by atoms with Gasteiger partial charge in [-0.25, -0.2) is 4.79 Å². The molecule has 1 unspecified atom stereocenters. The van der Waals surface area contributed by atoms with Gasteiger partial charge in [-0.05, 0) is 38.5 Å². The van der Waals surface area contributed by atoms with Crippen molar-refractivity contribution in [2.75, 3.05) is 31.1 Å². The van der Waals surface area contributed by atoms with Crippen molar-refractivity contribution in [1.29, 1.82) is 0 Å². The maximum atomic E-state index is 12.5. The second-order valence-corrected chi connectivity index (χ2v) is 6.99. The van der Waals surface area contributed by atoms with E-state index in [-0.39, 0.29) is 11.7 Å². The van der Waals surface area contributed by atoms with Gasteiger partial charge < -0.3 is 19.6 Å². The second-order valence-electron chi connectivity index (χ2n) is 6.99. The lowest BCUT2D eigenvalue weighted by molar-refractivity contribution is -0.206. The molecule has 1 N–H and O–H groups in total. The molecule has 2 rings (SSSR count). The topological polar surface area (TPSA) is 53.0 Å². The van der Waals surface area contributed by atoms with E-state index in [9.17, 15) is 23.1 Å². The van der Waals surface area contributed by atoms with Gasteiger partial charge in [-0.2, -0.15) is 13.2 Å². The number of aliphatic hydroxyl groups excluding tert-OH is 1. The first-order valence-corrected chi connectivity index (χ1v) is 8.05.